The molecule has 1 aliphatic rings. The van der Waals surface area contributed by atoms with Crippen molar-refractivity contribution in [3.05, 3.63) is 32.7 Å². The number of hydrogen-bond donors (Lipinski definition) is 1. The quantitative estimate of drug-likeness (QED) is 0.514. The number of hydrogen-bond acceptors (Lipinski definition) is 7. The standard InChI is InChI=1S/C13H12N2O6S/c1-3-14-12(17)10(22-13(14)18)5-7-4-8(15(19)20)6-9(21-2)11(7)16/h4-6,16H,3H2,1-2H3/b10-5-. The van der Waals surface area contributed by atoms with Gasteiger partial charge in [-0.05, 0) is 24.8 Å². The molecule has 0 bridgehead atoms. The van der Waals surface area contributed by atoms with Crippen LogP contribution in [0.15, 0.2) is 17.0 Å². The Morgan fingerprint density at radius 3 is 2.64 bits per heavy atom. The normalized spacial score (nSPS) is 16.5. The van der Waals surface area contributed by atoms with E-state index in [-0.39, 0.29) is 34.2 Å². The molecule has 0 spiro atoms. The molecule has 0 unspecified atom stereocenters. The van der Waals surface area contributed by atoms with Gasteiger partial charge >= 0.3 is 0 Å². The molecule has 1 aromatic carbocycles. The maximum absolute atomic E-state index is 12.0. The van der Waals surface area contributed by atoms with E-state index in [4.69, 9.17) is 4.74 Å². The number of nitro benzene ring substituents is 1. The van der Waals surface area contributed by atoms with Gasteiger partial charge in [0.05, 0.1) is 23.0 Å². The minimum Gasteiger partial charge on any atom is -0.504 e. The number of aromatic hydroxyl groups is 1. The lowest BCUT2D eigenvalue weighted by atomic mass is 10.1. The molecule has 1 N–H and O–H groups in total. The molecule has 0 aliphatic carbocycles. The van der Waals surface area contributed by atoms with Crippen LogP contribution in [0.4, 0.5) is 10.5 Å². The van der Waals surface area contributed by atoms with Crippen LogP contribution in [0.5, 0.6) is 11.5 Å². The number of benzene rings is 1. The largest absolute Gasteiger partial charge is 0.504 e. The van der Waals surface area contributed by atoms with Crippen LogP contribution in [0.1, 0.15) is 12.5 Å². The van der Waals surface area contributed by atoms with E-state index in [1.165, 1.54) is 13.2 Å². The molecule has 0 aromatic heterocycles. The maximum atomic E-state index is 12.0. The number of amides is 2. The molecule has 1 aliphatic heterocycles. The highest BCUT2D eigenvalue weighted by Gasteiger charge is 2.34. The Bertz CT molecular complexity index is 700. The zero-order valence-electron chi connectivity index (χ0n) is 11.7. The summed E-state index contributed by atoms with van der Waals surface area (Å²) in [6, 6.07) is 2.18. The zero-order chi connectivity index (χ0) is 16.4. The fourth-order valence-electron chi connectivity index (χ4n) is 1.90. The summed E-state index contributed by atoms with van der Waals surface area (Å²) in [7, 11) is 1.26. The van der Waals surface area contributed by atoms with Gasteiger partial charge in [0.1, 0.15) is 0 Å². The van der Waals surface area contributed by atoms with Gasteiger partial charge < -0.3 is 9.84 Å². The predicted octanol–water partition coefficient (Wildman–Crippen LogP) is 2.37. The molecule has 1 saturated heterocycles. The number of nitrogens with zero attached hydrogens (tertiary/aromatic N) is 2. The average molecular weight is 324 g/mol. The summed E-state index contributed by atoms with van der Waals surface area (Å²) >= 11 is 0.714. The van der Waals surface area contributed by atoms with Crippen LogP contribution in [0.3, 0.4) is 0 Å². The molecule has 1 fully saturated rings. The SMILES string of the molecule is CCN1C(=O)S/C(=C\c2cc([N+](=O)[O-])cc(OC)c2O)C1=O. The van der Waals surface area contributed by atoms with Crippen molar-refractivity contribution in [2.75, 3.05) is 13.7 Å². The summed E-state index contributed by atoms with van der Waals surface area (Å²) in [5, 5.41) is 20.5. The summed E-state index contributed by atoms with van der Waals surface area (Å²) in [6.07, 6.45) is 1.24. The van der Waals surface area contributed by atoms with E-state index >= 15 is 0 Å². The summed E-state index contributed by atoms with van der Waals surface area (Å²) in [5.41, 5.74) is -0.261. The van der Waals surface area contributed by atoms with Gasteiger partial charge in [-0.1, -0.05) is 0 Å². The van der Waals surface area contributed by atoms with E-state index < -0.39 is 16.1 Å². The zero-order valence-corrected chi connectivity index (χ0v) is 12.5. The number of methoxy groups -OCH3 is 1. The van der Waals surface area contributed by atoms with Crippen molar-refractivity contribution in [2.24, 2.45) is 0 Å². The number of imide groups is 1. The molecule has 2 rings (SSSR count). The van der Waals surface area contributed by atoms with E-state index in [0.29, 0.717) is 11.8 Å². The Hall–Kier alpha value is -2.55. The number of phenolic OH excluding ortho intramolecular Hbond substituents is 1. The molecule has 2 amide bonds. The van der Waals surface area contributed by atoms with Crippen LogP contribution in [0.2, 0.25) is 0 Å². The molecule has 116 valence electrons. The van der Waals surface area contributed by atoms with E-state index in [9.17, 15) is 24.8 Å². The van der Waals surface area contributed by atoms with Gasteiger partial charge in [-0.2, -0.15) is 0 Å². The minimum absolute atomic E-state index is 0.0349. The lowest BCUT2D eigenvalue weighted by molar-refractivity contribution is -0.385. The van der Waals surface area contributed by atoms with E-state index in [1.807, 2.05) is 0 Å². The Labute approximate surface area is 129 Å². The Morgan fingerprint density at radius 1 is 1.45 bits per heavy atom. The third-order valence-electron chi connectivity index (χ3n) is 3.00. The number of rotatable bonds is 4. The van der Waals surface area contributed by atoms with Crippen molar-refractivity contribution in [3.63, 3.8) is 0 Å². The van der Waals surface area contributed by atoms with Crippen LogP contribution >= 0.6 is 11.8 Å². The second kappa shape index (κ2) is 6.06. The van der Waals surface area contributed by atoms with E-state index in [2.05, 4.69) is 0 Å². The second-order valence-corrected chi connectivity index (χ2v) is 5.26. The third kappa shape index (κ3) is 2.75. The number of thioether (sulfide) groups is 1. The number of likely N-dealkylation sites (N-methyl/N-ethyl adjacent to an activating group) is 1. The predicted molar refractivity (Wildman–Crippen MR) is 79.7 cm³/mol. The van der Waals surface area contributed by atoms with Gasteiger partial charge in [-0.25, -0.2) is 0 Å². The van der Waals surface area contributed by atoms with Crippen LogP contribution in [0, 0.1) is 10.1 Å². The molecule has 0 radical (unpaired) electrons. The molecule has 0 saturated carbocycles. The van der Waals surface area contributed by atoms with Gasteiger partial charge in [0.25, 0.3) is 16.8 Å². The first-order valence-corrected chi connectivity index (χ1v) is 7.01. The summed E-state index contributed by atoms with van der Waals surface area (Å²) in [4.78, 5) is 35.0. The number of carbonyl (C=O) groups excluding carboxylic acids is 2. The van der Waals surface area contributed by atoms with Crippen molar-refractivity contribution in [2.45, 2.75) is 6.92 Å². The number of non-ortho nitro benzene ring substituents is 1. The van der Waals surface area contributed by atoms with Gasteiger partial charge in [0.2, 0.25) is 0 Å². The summed E-state index contributed by atoms with van der Waals surface area (Å²) in [5.74, 6) is -0.922. The van der Waals surface area contributed by atoms with Crippen LogP contribution < -0.4 is 4.74 Å². The van der Waals surface area contributed by atoms with Gasteiger partial charge in [0.15, 0.2) is 11.5 Å². The topological polar surface area (TPSA) is 110 Å². The molecular weight excluding hydrogens is 312 g/mol. The van der Waals surface area contributed by atoms with Crippen molar-refractivity contribution in [1.29, 1.82) is 0 Å². The van der Waals surface area contributed by atoms with Crippen molar-refractivity contribution >= 4 is 34.7 Å². The number of phenols is 1. The Kier molecular flexibility index (Phi) is 4.36. The molecule has 8 nitrogen and oxygen atoms in total. The first-order chi connectivity index (χ1) is 10.4. The van der Waals surface area contributed by atoms with Crippen LogP contribution in [-0.4, -0.2) is 39.7 Å². The minimum atomic E-state index is -0.642. The van der Waals surface area contributed by atoms with Gasteiger partial charge in [0, 0.05) is 18.2 Å². The van der Waals surface area contributed by atoms with Crippen LogP contribution in [-0.2, 0) is 4.79 Å². The molecule has 1 aromatic rings. The highest BCUT2D eigenvalue weighted by molar-refractivity contribution is 8.18. The van der Waals surface area contributed by atoms with Crippen molar-refractivity contribution in [1.82, 2.24) is 4.90 Å². The summed E-state index contributed by atoms with van der Waals surface area (Å²) < 4.78 is 4.88. The lowest BCUT2D eigenvalue weighted by Gasteiger charge is -2.08. The lowest BCUT2D eigenvalue weighted by Crippen LogP contribution is -2.27. The number of ether oxygens (including phenoxy) is 1. The number of nitro groups is 1. The van der Waals surface area contributed by atoms with Crippen molar-refractivity contribution in [3.8, 4) is 11.5 Å². The molecule has 1 heterocycles. The first-order valence-electron chi connectivity index (χ1n) is 6.19. The first kappa shape index (κ1) is 15.8. The Balaban J connectivity index is 2.51. The molecular formula is C13H12N2O6S. The highest BCUT2D eigenvalue weighted by Crippen LogP contribution is 2.38. The van der Waals surface area contributed by atoms with E-state index in [0.717, 1.165) is 17.0 Å². The number of carbonyl (C=O) groups is 2. The summed E-state index contributed by atoms with van der Waals surface area (Å²) in [6.45, 7) is 1.89. The smallest absolute Gasteiger partial charge is 0.293 e. The van der Waals surface area contributed by atoms with Gasteiger partial charge in [-0.3, -0.25) is 24.6 Å². The third-order valence-corrected chi connectivity index (χ3v) is 3.90. The highest BCUT2D eigenvalue weighted by atomic mass is 32.2. The van der Waals surface area contributed by atoms with Crippen molar-refractivity contribution < 1.29 is 24.4 Å². The molecule has 9 heteroatoms. The fraction of sp³-hybridized carbons (Fsp3) is 0.231. The van der Waals surface area contributed by atoms with Crippen LogP contribution in [0.25, 0.3) is 6.08 Å². The maximum Gasteiger partial charge on any atom is 0.293 e. The van der Waals surface area contributed by atoms with E-state index in [1.54, 1.807) is 6.92 Å². The monoisotopic (exact) mass is 324 g/mol. The second-order valence-electron chi connectivity index (χ2n) is 4.27. The molecule has 22 heavy (non-hydrogen) atoms. The Morgan fingerprint density at radius 2 is 2.14 bits per heavy atom. The average Bonchev–Trinajstić information content (AvgIpc) is 2.74. The fourth-order valence-corrected chi connectivity index (χ4v) is 2.79. The molecule has 0 atom stereocenters. The van der Waals surface area contributed by atoms with Gasteiger partial charge in [-0.15, -0.1) is 0 Å².